The van der Waals surface area contributed by atoms with Gasteiger partial charge in [0.1, 0.15) is 6.10 Å². The SMILES string of the molecule is CC(=O)OC1O[C@H](CO[Si](c2ccccc2)(c2ccccc2)C(C)(C)C)C(OC(C)=O)[C@@H]1OC(C)=O. The third-order valence-electron chi connectivity index (χ3n) is 6.03. The second kappa shape index (κ2) is 11.4. The highest BCUT2D eigenvalue weighted by Gasteiger charge is 2.54. The fourth-order valence-electron chi connectivity index (χ4n) is 4.70. The Labute approximate surface area is 213 Å². The number of rotatable bonds is 8. The van der Waals surface area contributed by atoms with Crippen molar-refractivity contribution in [2.45, 2.75) is 71.2 Å². The van der Waals surface area contributed by atoms with Gasteiger partial charge >= 0.3 is 17.9 Å². The summed E-state index contributed by atoms with van der Waals surface area (Å²) >= 11 is 0. The summed E-state index contributed by atoms with van der Waals surface area (Å²) in [5.74, 6) is -1.82. The second-order valence-electron chi connectivity index (χ2n) is 9.77. The van der Waals surface area contributed by atoms with Crippen molar-refractivity contribution in [1.82, 2.24) is 0 Å². The molecule has 4 atom stereocenters. The van der Waals surface area contributed by atoms with Gasteiger partial charge in [0.2, 0.25) is 12.4 Å². The summed E-state index contributed by atoms with van der Waals surface area (Å²) in [5, 5.41) is 1.84. The quantitative estimate of drug-likeness (QED) is 0.301. The van der Waals surface area contributed by atoms with E-state index in [-0.39, 0.29) is 11.6 Å². The zero-order chi connectivity index (χ0) is 26.5. The van der Waals surface area contributed by atoms with E-state index < -0.39 is 50.8 Å². The van der Waals surface area contributed by atoms with Crippen LogP contribution in [0.25, 0.3) is 0 Å². The Kier molecular flexibility index (Phi) is 8.70. The molecule has 2 aromatic carbocycles. The van der Waals surface area contributed by atoms with Gasteiger partial charge in [-0.05, 0) is 15.4 Å². The predicted molar refractivity (Wildman–Crippen MR) is 135 cm³/mol. The molecule has 0 aliphatic carbocycles. The van der Waals surface area contributed by atoms with Crippen LogP contribution in [0, 0.1) is 0 Å². The van der Waals surface area contributed by atoms with Crippen molar-refractivity contribution < 1.29 is 37.8 Å². The highest BCUT2D eigenvalue weighted by molar-refractivity contribution is 6.99. The number of hydrogen-bond donors (Lipinski definition) is 0. The van der Waals surface area contributed by atoms with Crippen LogP contribution in [0.2, 0.25) is 5.04 Å². The van der Waals surface area contributed by atoms with Crippen LogP contribution < -0.4 is 10.4 Å². The van der Waals surface area contributed by atoms with Crippen LogP contribution in [0.1, 0.15) is 41.5 Å². The molecule has 1 aliphatic heterocycles. The Morgan fingerprint density at radius 3 is 1.61 bits per heavy atom. The van der Waals surface area contributed by atoms with E-state index in [1.807, 2.05) is 36.4 Å². The van der Waals surface area contributed by atoms with Crippen molar-refractivity contribution in [3.8, 4) is 0 Å². The van der Waals surface area contributed by atoms with Crippen LogP contribution in [0.3, 0.4) is 0 Å². The van der Waals surface area contributed by atoms with Crippen molar-refractivity contribution in [3.63, 3.8) is 0 Å². The lowest BCUT2D eigenvalue weighted by Crippen LogP contribution is -2.67. The molecule has 2 unspecified atom stereocenters. The largest absolute Gasteiger partial charge is 0.455 e. The van der Waals surface area contributed by atoms with Crippen LogP contribution in [-0.2, 0) is 37.8 Å². The molecule has 0 amide bonds. The van der Waals surface area contributed by atoms with Crippen molar-refractivity contribution in [2.75, 3.05) is 6.61 Å². The molecule has 36 heavy (non-hydrogen) atoms. The minimum atomic E-state index is -2.93. The minimum Gasteiger partial charge on any atom is -0.455 e. The third kappa shape index (κ3) is 6.03. The highest BCUT2D eigenvalue weighted by atomic mass is 28.4. The summed E-state index contributed by atoms with van der Waals surface area (Å²) in [6, 6.07) is 20.1. The average molecular weight is 515 g/mol. The van der Waals surface area contributed by atoms with Gasteiger partial charge < -0.3 is 23.4 Å². The fraction of sp³-hybridized carbons (Fsp3) is 0.444. The van der Waals surface area contributed by atoms with Gasteiger partial charge in [0, 0.05) is 20.8 Å². The molecule has 9 heteroatoms. The first-order valence-corrected chi connectivity index (χ1v) is 13.8. The van der Waals surface area contributed by atoms with E-state index in [4.69, 9.17) is 23.4 Å². The maximum absolute atomic E-state index is 12.0. The smallest absolute Gasteiger partial charge is 0.305 e. The number of ether oxygens (including phenoxy) is 4. The summed E-state index contributed by atoms with van der Waals surface area (Å²) in [4.78, 5) is 35.5. The summed E-state index contributed by atoms with van der Waals surface area (Å²) in [6.07, 6.45) is -4.22. The average Bonchev–Trinajstić information content (AvgIpc) is 3.09. The molecule has 0 N–H and O–H groups in total. The summed E-state index contributed by atoms with van der Waals surface area (Å²) in [6.45, 7) is 10.1. The van der Waals surface area contributed by atoms with Gasteiger partial charge in [0.05, 0.1) is 6.61 Å². The second-order valence-corrected chi connectivity index (χ2v) is 14.1. The van der Waals surface area contributed by atoms with E-state index >= 15 is 0 Å². The maximum Gasteiger partial charge on any atom is 0.305 e. The molecular formula is C27H34O8Si. The van der Waals surface area contributed by atoms with Gasteiger partial charge in [0.25, 0.3) is 8.32 Å². The standard InChI is InChI=1S/C27H34O8Si/c1-18(28)32-24-23(35-26(34-20(3)30)25(24)33-19(2)29)17-31-36(27(4,5)6,21-13-9-7-10-14-21)22-15-11-8-12-16-22/h7-16,23-26H,17H2,1-6H3/t23-,24?,25+,26?/m1/s1. The molecule has 1 aliphatic rings. The van der Waals surface area contributed by atoms with E-state index in [1.54, 1.807) is 0 Å². The monoisotopic (exact) mass is 514 g/mol. The lowest BCUT2D eigenvalue weighted by Gasteiger charge is -2.43. The topological polar surface area (TPSA) is 97.4 Å². The van der Waals surface area contributed by atoms with Gasteiger partial charge in [-0.3, -0.25) is 14.4 Å². The molecule has 8 nitrogen and oxygen atoms in total. The molecule has 1 saturated heterocycles. The number of carbonyl (C=O) groups excluding carboxylic acids is 3. The maximum atomic E-state index is 12.0. The Bertz CT molecular complexity index is 1010. The Hall–Kier alpha value is -3.01. The van der Waals surface area contributed by atoms with Crippen molar-refractivity contribution in [3.05, 3.63) is 60.7 Å². The molecule has 1 fully saturated rings. The van der Waals surface area contributed by atoms with Gasteiger partial charge in [-0.1, -0.05) is 81.4 Å². The van der Waals surface area contributed by atoms with Gasteiger partial charge in [-0.2, -0.15) is 0 Å². The lowest BCUT2D eigenvalue weighted by atomic mass is 10.1. The van der Waals surface area contributed by atoms with Crippen molar-refractivity contribution in [1.29, 1.82) is 0 Å². The van der Waals surface area contributed by atoms with Crippen LogP contribution >= 0.6 is 0 Å². The van der Waals surface area contributed by atoms with Crippen LogP contribution in [-0.4, -0.2) is 57.4 Å². The number of esters is 3. The fourth-order valence-corrected chi connectivity index (χ4v) is 9.27. The molecule has 3 rings (SSSR count). The lowest BCUT2D eigenvalue weighted by molar-refractivity contribution is -0.196. The number of carbonyl (C=O) groups is 3. The van der Waals surface area contributed by atoms with Gasteiger partial charge in [0.15, 0.2) is 6.10 Å². The number of benzene rings is 2. The van der Waals surface area contributed by atoms with E-state index in [1.165, 1.54) is 20.8 Å². The van der Waals surface area contributed by atoms with Crippen molar-refractivity contribution >= 4 is 36.6 Å². The van der Waals surface area contributed by atoms with Gasteiger partial charge in [-0.15, -0.1) is 0 Å². The Morgan fingerprint density at radius 2 is 1.19 bits per heavy atom. The predicted octanol–water partition coefficient (Wildman–Crippen LogP) is 2.71. The molecule has 0 spiro atoms. The zero-order valence-electron chi connectivity index (χ0n) is 21.6. The Balaban J connectivity index is 2.03. The van der Waals surface area contributed by atoms with Crippen LogP contribution in [0.4, 0.5) is 0 Å². The molecule has 1 heterocycles. The molecule has 0 aromatic heterocycles. The molecule has 0 radical (unpaired) electrons. The molecule has 0 saturated carbocycles. The first-order chi connectivity index (χ1) is 17.0. The highest BCUT2D eigenvalue weighted by Crippen LogP contribution is 2.38. The Morgan fingerprint density at radius 1 is 0.750 bits per heavy atom. The van der Waals surface area contributed by atoms with Gasteiger partial charge in [-0.25, -0.2) is 0 Å². The van der Waals surface area contributed by atoms with E-state index in [0.717, 1.165) is 10.4 Å². The number of hydrogen-bond acceptors (Lipinski definition) is 8. The molecule has 0 bridgehead atoms. The first-order valence-electron chi connectivity index (χ1n) is 11.9. The minimum absolute atomic E-state index is 0.0146. The summed E-state index contributed by atoms with van der Waals surface area (Å²) in [7, 11) is -2.93. The zero-order valence-corrected chi connectivity index (χ0v) is 22.6. The molecule has 194 valence electrons. The molecular weight excluding hydrogens is 480 g/mol. The normalized spacial score (nSPS) is 22.1. The van der Waals surface area contributed by atoms with Crippen molar-refractivity contribution in [2.24, 2.45) is 0 Å². The summed E-state index contributed by atoms with van der Waals surface area (Å²) in [5.41, 5.74) is 0. The third-order valence-corrected chi connectivity index (χ3v) is 11.0. The first kappa shape index (κ1) is 27.6. The van der Waals surface area contributed by atoms with Crippen LogP contribution in [0.15, 0.2) is 60.7 Å². The van der Waals surface area contributed by atoms with E-state index in [0.29, 0.717) is 0 Å². The van der Waals surface area contributed by atoms with E-state index in [9.17, 15) is 14.4 Å². The van der Waals surface area contributed by atoms with Crippen LogP contribution in [0.5, 0.6) is 0 Å². The van der Waals surface area contributed by atoms with E-state index in [2.05, 4.69) is 45.0 Å². The summed E-state index contributed by atoms with van der Waals surface area (Å²) < 4.78 is 29.0. The molecule has 2 aromatic rings.